The van der Waals surface area contributed by atoms with Gasteiger partial charge in [-0.2, -0.15) is 0 Å². The lowest BCUT2D eigenvalue weighted by Gasteiger charge is -2.23. The first-order valence-electron chi connectivity index (χ1n) is 11.6. The van der Waals surface area contributed by atoms with Gasteiger partial charge < -0.3 is 5.32 Å². The van der Waals surface area contributed by atoms with Crippen LogP contribution in [-0.2, 0) is 16.6 Å². The average Bonchev–Trinajstić information content (AvgIpc) is 2.77. The maximum Gasteiger partial charge on any atom is 0.251 e. The SMILES string of the molecule is CCCCC(CC)CNC(=O)c1ccc(CN(c2ccc(C(C)C)cc2)S(C)(=O)=O)cc1. The quantitative estimate of drug-likeness (QED) is 0.442. The van der Waals surface area contributed by atoms with Crippen LogP contribution in [0.25, 0.3) is 0 Å². The van der Waals surface area contributed by atoms with Gasteiger partial charge in [0.1, 0.15) is 0 Å². The summed E-state index contributed by atoms with van der Waals surface area (Å²) < 4.78 is 26.3. The maximum absolute atomic E-state index is 12.5. The van der Waals surface area contributed by atoms with Crippen LogP contribution in [0.1, 0.15) is 80.8 Å². The molecule has 2 aromatic carbocycles. The van der Waals surface area contributed by atoms with Gasteiger partial charge in [-0.25, -0.2) is 8.42 Å². The zero-order valence-corrected chi connectivity index (χ0v) is 20.9. The molecule has 1 N–H and O–H groups in total. The molecule has 6 heteroatoms. The van der Waals surface area contributed by atoms with Gasteiger partial charge in [-0.3, -0.25) is 9.10 Å². The predicted octanol–water partition coefficient (Wildman–Crippen LogP) is 5.72. The van der Waals surface area contributed by atoms with Crippen LogP contribution >= 0.6 is 0 Å². The van der Waals surface area contributed by atoms with E-state index in [-0.39, 0.29) is 12.5 Å². The molecule has 0 aliphatic heterocycles. The third kappa shape index (κ3) is 7.66. The molecular formula is C26H38N2O3S. The summed E-state index contributed by atoms with van der Waals surface area (Å²) in [5, 5.41) is 3.04. The van der Waals surface area contributed by atoms with Crippen molar-refractivity contribution < 1.29 is 13.2 Å². The minimum Gasteiger partial charge on any atom is -0.352 e. The van der Waals surface area contributed by atoms with Gasteiger partial charge >= 0.3 is 0 Å². The van der Waals surface area contributed by atoms with Gasteiger partial charge in [0.2, 0.25) is 10.0 Å². The van der Waals surface area contributed by atoms with Crippen LogP contribution in [0.3, 0.4) is 0 Å². The lowest BCUT2D eigenvalue weighted by Crippen LogP contribution is -2.30. The smallest absolute Gasteiger partial charge is 0.251 e. The fraction of sp³-hybridized carbons (Fsp3) is 0.500. The first-order chi connectivity index (χ1) is 15.2. The molecule has 0 aliphatic carbocycles. The van der Waals surface area contributed by atoms with E-state index in [1.54, 1.807) is 12.1 Å². The van der Waals surface area contributed by atoms with Crippen molar-refractivity contribution in [2.45, 2.75) is 65.8 Å². The van der Waals surface area contributed by atoms with E-state index in [4.69, 9.17) is 0 Å². The van der Waals surface area contributed by atoms with Crippen molar-refractivity contribution in [1.29, 1.82) is 0 Å². The number of anilines is 1. The number of carbonyl (C=O) groups excluding carboxylic acids is 1. The zero-order chi connectivity index (χ0) is 23.7. The lowest BCUT2D eigenvalue weighted by atomic mass is 9.99. The zero-order valence-electron chi connectivity index (χ0n) is 20.1. The second kappa shape index (κ2) is 12.0. The number of hydrogen-bond acceptors (Lipinski definition) is 3. The summed E-state index contributed by atoms with van der Waals surface area (Å²) in [6, 6.07) is 14.8. The Labute approximate surface area is 194 Å². The predicted molar refractivity (Wildman–Crippen MR) is 134 cm³/mol. The van der Waals surface area contributed by atoms with Crippen molar-refractivity contribution >= 4 is 21.6 Å². The van der Waals surface area contributed by atoms with Gasteiger partial charge in [-0.05, 0) is 53.6 Å². The van der Waals surface area contributed by atoms with Gasteiger partial charge in [0.15, 0.2) is 0 Å². The summed E-state index contributed by atoms with van der Waals surface area (Å²) in [6.07, 6.45) is 5.75. The Bertz CT molecular complexity index is 952. The van der Waals surface area contributed by atoms with Crippen molar-refractivity contribution in [3.05, 3.63) is 65.2 Å². The number of rotatable bonds is 12. The molecular weight excluding hydrogens is 420 g/mol. The number of carbonyl (C=O) groups is 1. The van der Waals surface area contributed by atoms with Crippen LogP contribution in [0.5, 0.6) is 0 Å². The molecule has 0 heterocycles. The third-order valence-electron chi connectivity index (χ3n) is 5.88. The molecule has 0 aromatic heterocycles. The highest BCUT2D eigenvalue weighted by Crippen LogP contribution is 2.24. The van der Waals surface area contributed by atoms with E-state index < -0.39 is 10.0 Å². The molecule has 5 nitrogen and oxygen atoms in total. The first-order valence-corrected chi connectivity index (χ1v) is 13.4. The number of amides is 1. The number of sulfonamides is 1. The van der Waals surface area contributed by atoms with Crippen molar-refractivity contribution in [2.75, 3.05) is 17.1 Å². The Morgan fingerprint density at radius 1 is 1.00 bits per heavy atom. The molecule has 176 valence electrons. The highest BCUT2D eigenvalue weighted by Gasteiger charge is 2.18. The van der Waals surface area contributed by atoms with Crippen molar-refractivity contribution in [1.82, 2.24) is 5.32 Å². The topological polar surface area (TPSA) is 66.5 Å². The van der Waals surface area contributed by atoms with Crippen LogP contribution in [0, 0.1) is 5.92 Å². The fourth-order valence-corrected chi connectivity index (χ4v) is 4.52. The fourth-order valence-electron chi connectivity index (χ4n) is 3.64. The second-order valence-electron chi connectivity index (χ2n) is 8.84. The molecule has 0 spiro atoms. The molecule has 1 unspecified atom stereocenters. The Morgan fingerprint density at radius 3 is 2.12 bits per heavy atom. The summed E-state index contributed by atoms with van der Waals surface area (Å²) in [7, 11) is -3.45. The highest BCUT2D eigenvalue weighted by atomic mass is 32.2. The molecule has 2 aromatic rings. The largest absolute Gasteiger partial charge is 0.352 e. The molecule has 2 rings (SSSR count). The lowest BCUT2D eigenvalue weighted by molar-refractivity contribution is 0.0946. The van der Waals surface area contributed by atoms with Crippen LogP contribution < -0.4 is 9.62 Å². The third-order valence-corrected chi connectivity index (χ3v) is 7.03. The summed E-state index contributed by atoms with van der Waals surface area (Å²) in [5.41, 5.74) is 3.22. The van der Waals surface area contributed by atoms with Gasteiger partial charge in [-0.15, -0.1) is 0 Å². The summed E-state index contributed by atoms with van der Waals surface area (Å²) in [5.74, 6) is 0.799. The minimum atomic E-state index is -3.45. The summed E-state index contributed by atoms with van der Waals surface area (Å²) in [6.45, 7) is 9.45. The molecule has 1 atom stereocenters. The monoisotopic (exact) mass is 458 g/mol. The van der Waals surface area contributed by atoms with Crippen molar-refractivity contribution in [2.24, 2.45) is 5.92 Å². The molecule has 0 radical (unpaired) electrons. The summed E-state index contributed by atoms with van der Waals surface area (Å²) >= 11 is 0. The highest BCUT2D eigenvalue weighted by molar-refractivity contribution is 7.92. The minimum absolute atomic E-state index is 0.0873. The van der Waals surface area contributed by atoms with E-state index in [2.05, 4.69) is 33.0 Å². The van der Waals surface area contributed by atoms with E-state index in [9.17, 15) is 13.2 Å². The molecule has 1 amide bonds. The van der Waals surface area contributed by atoms with Gasteiger partial charge in [0, 0.05) is 12.1 Å². The van der Waals surface area contributed by atoms with Crippen LogP contribution in [0.4, 0.5) is 5.69 Å². The molecule has 32 heavy (non-hydrogen) atoms. The standard InChI is InChI=1S/C26H38N2O3S/c1-6-8-9-21(7-2)18-27-26(29)24-12-10-22(11-13-24)19-28(32(5,30)31)25-16-14-23(15-17-25)20(3)4/h10-17,20-21H,6-9,18-19H2,1-5H3,(H,27,29). The average molecular weight is 459 g/mol. The van der Waals surface area contributed by atoms with Crippen molar-refractivity contribution in [3.63, 3.8) is 0 Å². The molecule has 0 aliphatic rings. The van der Waals surface area contributed by atoms with E-state index >= 15 is 0 Å². The number of benzene rings is 2. The summed E-state index contributed by atoms with van der Waals surface area (Å²) in [4.78, 5) is 12.5. The molecule has 0 saturated carbocycles. The Balaban J connectivity index is 2.07. The first kappa shape index (κ1) is 25.9. The van der Waals surface area contributed by atoms with Crippen LogP contribution in [-0.4, -0.2) is 27.1 Å². The number of unbranched alkanes of at least 4 members (excludes halogenated alkanes) is 1. The van der Waals surface area contributed by atoms with Gasteiger partial charge in [-0.1, -0.05) is 71.2 Å². The second-order valence-corrected chi connectivity index (χ2v) is 10.7. The molecule has 0 bridgehead atoms. The number of hydrogen-bond donors (Lipinski definition) is 1. The van der Waals surface area contributed by atoms with Crippen LogP contribution in [0.2, 0.25) is 0 Å². The maximum atomic E-state index is 12.5. The number of nitrogens with zero attached hydrogens (tertiary/aromatic N) is 1. The Hall–Kier alpha value is -2.34. The van der Waals surface area contributed by atoms with Gasteiger partial charge in [0.25, 0.3) is 5.91 Å². The van der Waals surface area contributed by atoms with E-state index in [1.807, 2.05) is 36.4 Å². The normalized spacial score (nSPS) is 12.6. The number of nitrogens with one attached hydrogen (secondary N) is 1. The van der Waals surface area contributed by atoms with E-state index in [1.165, 1.54) is 17.0 Å². The van der Waals surface area contributed by atoms with Gasteiger partial charge in [0.05, 0.1) is 18.5 Å². The van der Waals surface area contributed by atoms with E-state index in [0.29, 0.717) is 29.6 Å². The van der Waals surface area contributed by atoms with E-state index in [0.717, 1.165) is 30.4 Å². The van der Waals surface area contributed by atoms with Crippen molar-refractivity contribution in [3.8, 4) is 0 Å². The Morgan fingerprint density at radius 2 is 1.62 bits per heavy atom. The molecule has 0 saturated heterocycles. The Kier molecular flexibility index (Phi) is 9.76. The molecule has 0 fully saturated rings. The van der Waals surface area contributed by atoms with Crippen LogP contribution in [0.15, 0.2) is 48.5 Å².